The molecule has 1 spiro atoms. The maximum atomic E-state index is 14.8. The van der Waals surface area contributed by atoms with Gasteiger partial charge in [-0.25, -0.2) is 0 Å². The molecular weight excluding hydrogens is 623 g/mol. The Bertz CT molecular complexity index is 1580. The number of aliphatic hydroxyl groups is 1. The molecule has 0 unspecified atom stereocenters. The van der Waals surface area contributed by atoms with Crippen LogP contribution in [0.4, 0.5) is 11.4 Å². The average Bonchev–Trinajstić information content (AvgIpc) is 3.70. The third kappa shape index (κ3) is 7.08. The number of amides is 3. The van der Waals surface area contributed by atoms with Crippen LogP contribution in [-0.4, -0.2) is 72.7 Å². The molecule has 3 amide bonds. The van der Waals surface area contributed by atoms with E-state index in [4.69, 9.17) is 4.74 Å². The summed E-state index contributed by atoms with van der Waals surface area (Å²) in [7, 11) is -3.00. The minimum atomic E-state index is -3.00. The standard InChI is InChI=1S/C38H51N3O6Si/c1-25(2)12-10-13-26(3)19-21-41-32-18-17-29(39-36(44)28-14-8-7-9-15-28)22-31(32)38(37(41)45)27(4)35(48(5,6)46)33(47-38)23-34(43)40-20-11-16-30(40)24-42/h7-9,12,14-15,17-19,22,27,30,33,35,42,46H,10-11,13,16,20-21,23-24H2,1-6H3,(H,39,44)/b26-19+/t27-,30+,33+,35-,38+/m1/s1. The second kappa shape index (κ2) is 14.5. The Morgan fingerprint density at radius 3 is 2.50 bits per heavy atom. The Morgan fingerprint density at radius 2 is 1.83 bits per heavy atom. The monoisotopic (exact) mass is 673 g/mol. The molecule has 0 radical (unpaired) electrons. The van der Waals surface area contributed by atoms with Gasteiger partial charge >= 0.3 is 0 Å². The lowest BCUT2D eigenvalue weighted by Crippen LogP contribution is -2.46. The lowest BCUT2D eigenvalue weighted by Gasteiger charge is -2.32. The number of benzene rings is 2. The fourth-order valence-electron chi connectivity index (χ4n) is 7.91. The summed E-state index contributed by atoms with van der Waals surface area (Å²) < 4.78 is 6.90. The molecule has 9 nitrogen and oxygen atoms in total. The van der Waals surface area contributed by atoms with E-state index >= 15 is 0 Å². The van der Waals surface area contributed by atoms with Gasteiger partial charge in [0.05, 0.1) is 30.9 Å². The van der Waals surface area contributed by atoms with Crippen LogP contribution in [0.15, 0.2) is 71.8 Å². The van der Waals surface area contributed by atoms with E-state index in [1.54, 1.807) is 40.1 Å². The van der Waals surface area contributed by atoms with Crippen LogP contribution in [0, 0.1) is 5.92 Å². The highest BCUT2D eigenvalue weighted by Gasteiger charge is 2.66. The number of hydrogen-bond donors (Lipinski definition) is 3. The number of rotatable bonds is 11. The fourth-order valence-corrected chi connectivity index (χ4v) is 10.5. The van der Waals surface area contributed by atoms with Gasteiger partial charge in [0.15, 0.2) is 13.9 Å². The summed E-state index contributed by atoms with van der Waals surface area (Å²) in [5, 5.41) is 12.9. The summed E-state index contributed by atoms with van der Waals surface area (Å²) in [4.78, 5) is 56.8. The van der Waals surface area contributed by atoms with E-state index in [9.17, 15) is 24.3 Å². The zero-order valence-corrected chi connectivity index (χ0v) is 30.2. The minimum absolute atomic E-state index is 0.0146. The van der Waals surface area contributed by atoms with Gasteiger partial charge in [0.25, 0.3) is 11.8 Å². The van der Waals surface area contributed by atoms with Gasteiger partial charge in [-0.3, -0.25) is 14.4 Å². The van der Waals surface area contributed by atoms with E-state index < -0.39 is 31.5 Å². The molecule has 5 atom stereocenters. The molecule has 2 aromatic rings. The topological polar surface area (TPSA) is 119 Å². The number of nitrogens with zero attached hydrogens (tertiary/aromatic N) is 2. The smallest absolute Gasteiger partial charge is 0.264 e. The van der Waals surface area contributed by atoms with Crippen molar-refractivity contribution >= 4 is 37.4 Å². The van der Waals surface area contributed by atoms with E-state index in [2.05, 4.69) is 38.2 Å². The largest absolute Gasteiger partial charge is 0.432 e. The number of carbonyl (C=O) groups excluding carboxylic acids is 3. The highest BCUT2D eigenvalue weighted by Crippen LogP contribution is 2.60. The van der Waals surface area contributed by atoms with Gasteiger partial charge in [-0.15, -0.1) is 0 Å². The first-order valence-corrected chi connectivity index (χ1v) is 20.2. The first kappa shape index (κ1) is 35.7. The van der Waals surface area contributed by atoms with Crippen LogP contribution < -0.4 is 10.2 Å². The maximum Gasteiger partial charge on any atom is 0.264 e. The SMILES string of the molecule is CC(C)=CCC/C(C)=C/CN1C(=O)[C@@]2(O[C@@H](CC(=O)N3CCC[C@H]3CO)[C@H]([Si](C)(C)O)[C@H]2C)c2cc(NC(=O)c3ccccc3)ccc21. The average molecular weight is 674 g/mol. The van der Waals surface area contributed by atoms with Crippen LogP contribution in [0.1, 0.15) is 75.7 Å². The van der Waals surface area contributed by atoms with Gasteiger partial charge in [-0.05, 0) is 89.9 Å². The molecule has 3 heterocycles. The van der Waals surface area contributed by atoms with Crippen LogP contribution in [0.3, 0.4) is 0 Å². The Kier molecular flexibility index (Phi) is 10.8. The summed E-state index contributed by atoms with van der Waals surface area (Å²) in [6.45, 7) is 12.7. The Balaban J connectivity index is 1.53. The van der Waals surface area contributed by atoms with Crippen LogP contribution in [0.25, 0.3) is 0 Å². The Labute approximate surface area is 285 Å². The molecule has 48 heavy (non-hydrogen) atoms. The summed E-state index contributed by atoms with van der Waals surface area (Å²) in [5.41, 5.74) is 2.94. The van der Waals surface area contributed by atoms with Crippen molar-refractivity contribution in [3.63, 3.8) is 0 Å². The molecule has 10 heteroatoms. The predicted octanol–water partition coefficient (Wildman–Crippen LogP) is 6.15. The van der Waals surface area contributed by atoms with Crippen molar-refractivity contribution in [2.24, 2.45) is 5.92 Å². The van der Waals surface area contributed by atoms with E-state index in [0.29, 0.717) is 35.6 Å². The van der Waals surface area contributed by atoms with E-state index in [1.165, 1.54) is 11.1 Å². The molecule has 258 valence electrons. The van der Waals surface area contributed by atoms with Gasteiger partial charge in [-0.1, -0.05) is 48.4 Å². The number of hydrogen-bond acceptors (Lipinski definition) is 6. The number of nitrogens with one attached hydrogen (secondary N) is 1. The maximum absolute atomic E-state index is 14.8. The van der Waals surface area contributed by atoms with Crippen molar-refractivity contribution < 1.29 is 29.0 Å². The van der Waals surface area contributed by atoms with E-state index in [-0.39, 0.29) is 36.8 Å². The molecule has 3 aliphatic rings. The zero-order valence-electron chi connectivity index (χ0n) is 29.2. The van der Waals surface area contributed by atoms with Crippen LogP contribution >= 0.6 is 0 Å². The van der Waals surface area contributed by atoms with Gasteiger partial charge in [0.2, 0.25) is 5.91 Å². The third-order valence-electron chi connectivity index (χ3n) is 10.3. The van der Waals surface area contributed by atoms with Crippen molar-refractivity contribution in [3.8, 4) is 0 Å². The quantitative estimate of drug-likeness (QED) is 0.195. The Morgan fingerprint density at radius 1 is 1.10 bits per heavy atom. The third-order valence-corrected chi connectivity index (χ3v) is 12.8. The number of anilines is 2. The number of carbonyl (C=O) groups is 3. The number of allylic oxidation sites excluding steroid dienone is 3. The minimum Gasteiger partial charge on any atom is -0.432 e. The van der Waals surface area contributed by atoms with Crippen molar-refractivity contribution in [2.75, 3.05) is 29.9 Å². The highest BCUT2D eigenvalue weighted by atomic mass is 28.4. The normalized spacial score (nSPS) is 25.5. The molecule has 3 N–H and O–H groups in total. The molecule has 0 aliphatic carbocycles. The number of aliphatic hydroxyl groups excluding tert-OH is 1. The lowest BCUT2D eigenvalue weighted by molar-refractivity contribution is -0.149. The van der Waals surface area contributed by atoms with Gasteiger partial charge in [-0.2, -0.15) is 0 Å². The van der Waals surface area contributed by atoms with Crippen molar-refractivity contribution in [1.82, 2.24) is 4.90 Å². The van der Waals surface area contributed by atoms with E-state index in [1.807, 2.05) is 38.2 Å². The molecule has 3 aliphatic heterocycles. The molecule has 0 aromatic heterocycles. The molecule has 2 fully saturated rings. The first-order chi connectivity index (χ1) is 22.8. The van der Waals surface area contributed by atoms with Crippen molar-refractivity contribution in [3.05, 3.63) is 83.0 Å². The zero-order chi connectivity index (χ0) is 34.8. The summed E-state index contributed by atoms with van der Waals surface area (Å²) >= 11 is 0. The molecule has 2 saturated heterocycles. The number of likely N-dealkylation sites (tertiary alicyclic amines) is 1. The number of ether oxygens (including phenoxy) is 1. The van der Waals surface area contributed by atoms with E-state index in [0.717, 1.165) is 25.7 Å². The highest BCUT2D eigenvalue weighted by molar-refractivity contribution is 6.71. The Hall–Kier alpha value is -3.57. The predicted molar refractivity (Wildman–Crippen MR) is 191 cm³/mol. The van der Waals surface area contributed by atoms with Crippen LogP contribution in [0.2, 0.25) is 18.6 Å². The van der Waals surface area contributed by atoms with Crippen molar-refractivity contribution in [1.29, 1.82) is 0 Å². The first-order valence-electron chi connectivity index (χ1n) is 17.2. The molecule has 2 aromatic carbocycles. The summed E-state index contributed by atoms with van der Waals surface area (Å²) in [6, 6.07) is 14.2. The number of fused-ring (bicyclic) bond motifs is 2. The van der Waals surface area contributed by atoms with Crippen molar-refractivity contribution in [2.45, 2.75) is 96.2 Å². The summed E-state index contributed by atoms with van der Waals surface area (Å²) in [6.07, 6.45) is 6.98. The second-order valence-corrected chi connectivity index (χ2v) is 18.4. The van der Waals surface area contributed by atoms with Crippen LogP contribution in [-0.2, 0) is 19.9 Å². The van der Waals surface area contributed by atoms with Gasteiger partial charge in [0, 0.05) is 41.4 Å². The molecular formula is C38H51N3O6Si. The summed E-state index contributed by atoms with van der Waals surface area (Å²) in [5.74, 6) is -1.08. The lowest BCUT2D eigenvalue weighted by atomic mass is 9.82. The van der Waals surface area contributed by atoms with Crippen LogP contribution in [0.5, 0.6) is 0 Å². The molecule has 5 rings (SSSR count). The molecule has 0 bridgehead atoms. The second-order valence-electron chi connectivity index (χ2n) is 14.5. The fraction of sp³-hybridized carbons (Fsp3) is 0.500. The van der Waals surface area contributed by atoms with Gasteiger partial charge < -0.3 is 29.8 Å². The van der Waals surface area contributed by atoms with Gasteiger partial charge in [0.1, 0.15) is 0 Å². The molecule has 0 saturated carbocycles.